The van der Waals surface area contributed by atoms with Crippen LogP contribution in [0.3, 0.4) is 0 Å². The van der Waals surface area contributed by atoms with Crippen LogP contribution in [0.2, 0.25) is 19.6 Å². The van der Waals surface area contributed by atoms with Crippen LogP contribution in [0.4, 0.5) is 0 Å². The van der Waals surface area contributed by atoms with Crippen molar-refractivity contribution in [3.05, 3.63) is 133 Å². The molecule has 48 heavy (non-hydrogen) atoms. The number of imidazole rings is 1. The number of aromatic nitrogens is 4. The number of rotatable bonds is 6. The molecule has 3 heterocycles. The van der Waals surface area contributed by atoms with Crippen LogP contribution in [0, 0.1) is 0 Å². The van der Waals surface area contributed by atoms with Crippen molar-refractivity contribution in [1.29, 1.82) is 0 Å². The number of hydrogen-bond donors (Lipinski definition) is 1. The molecular formula is C42H40N4OSi. The van der Waals surface area contributed by atoms with Crippen LogP contribution in [-0.2, 0) is 5.41 Å². The highest BCUT2D eigenvalue weighted by Gasteiger charge is 2.25. The van der Waals surface area contributed by atoms with Crippen LogP contribution in [0.1, 0.15) is 26.3 Å². The topological polar surface area (TPSA) is 63.8 Å². The number of benzene rings is 4. The number of pyridine rings is 2. The van der Waals surface area contributed by atoms with Crippen molar-refractivity contribution in [2.45, 2.75) is 45.8 Å². The second kappa shape index (κ2) is 12.0. The summed E-state index contributed by atoms with van der Waals surface area (Å²) in [5.41, 5.74) is 9.79. The Labute approximate surface area is 283 Å². The first kappa shape index (κ1) is 31.3. The third kappa shape index (κ3) is 5.84. The van der Waals surface area contributed by atoms with Crippen molar-refractivity contribution in [2.75, 3.05) is 0 Å². The first-order chi connectivity index (χ1) is 23.0. The van der Waals surface area contributed by atoms with Crippen LogP contribution in [-0.4, -0.2) is 32.7 Å². The third-order valence-corrected chi connectivity index (χ3v) is 10.9. The molecule has 0 unspecified atom stereocenters. The van der Waals surface area contributed by atoms with Gasteiger partial charge in [0.25, 0.3) is 0 Å². The first-order valence-corrected chi connectivity index (χ1v) is 19.9. The fourth-order valence-electron chi connectivity index (χ4n) is 6.28. The van der Waals surface area contributed by atoms with Gasteiger partial charge in [-0.3, -0.25) is 14.5 Å². The normalized spacial score (nSPS) is 12.0. The quantitative estimate of drug-likeness (QED) is 0.183. The number of phenolic OH excluding ortho intramolecular Hbond substituents is 1. The van der Waals surface area contributed by atoms with Crippen molar-refractivity contribution >= 4 is 24.3 Å². The summed E-state index contributed by atoms with van der Waals surface area (Å²) >= 11 is 0. The van der Waals surface area contributed by atoms with Gasteiger partial charge in [0, 0.05) is 29.2 Å². The molecule has 0 spiro atoms. The largest absolute Gasteiger partial charge is 0.507 e. The van der Waals surface area contributed by atoms with Gasteiger partial charge in [-0.15, -0.1) is 0 Å². The zero-order valence-corrected chi connectivity index (χ0v) is 29.4. The summed E-state index contributed by atoms with van der Waals surface area (Å²) < 4.78 is 2.13. The molecule has 0 fully saturated rings. The highest BCUT2D eigenvalue weighted by Crippen LogP contribution is 2.41. The molecule has 0 aliphatic rings. The van der Waals surface area contributed by atoms with E-state index in [2.05, 4.69) is 112 Å². The van der Waals surface area contributed by atoms with Crippen LogP contribution in [0.25, 0.3) is 61.8 Å². The molecule has 1 N–H and O–H groups in total. The smallest absolute Gasteiger partial charge is 0.149 e. The second-order valence-corrected chi connectivity index (χ2v) is 19.5. The molecule has 3 aromatic heterocycles. The van der Waals surface area contributed by atoms with Crippen molar-refractivity contribution in [3.63, 3.8) is 0 Å². The van der Waals surface area contributed by atoms with Gasteiger partial charge in [-0.05, 0) is 75.8 Å². The predicted octanol–water partition coefficient (Wildman–Crippen LogP) is 10.0. The molecule has 0 atom stereocenters. The minimum atomic E-state index is -1.49. The molecule has 6 heteroatoms. The second-order valence-electron chi connectivity index (χ2n) is 14.4. The lowest BCUT2D eigenvalue weighted by Gasteiger charge is -2.22. The Bertz CT molecular complexity index is 2250. The van der Waals surface area contributed by atoms with Crippen molar-refractivity contribution in [2.24, 2.45) is 0 Å². The Kier molecular flexibility index (Phi) is 7.84. The summed E-state index contributed by atoms with van der Waals surface area (Å²) in [6.45, 7) is 13.3. The summed E-state index contributed by atoms with van der Waals surface area (Å²) in [5.74, 6) is 0.908. The molecule has 0 amide bonds. The Morgan fingerprint density at radius 2 is 1.35 bits per heavy atom. The van der Waals surface area contributed by atoms with Crippen LogP contribution in [0.5, 0.6) is 5.75 Å². The monoisotopic (exact) mass is 644 g/mol. The maximum Gasteiger partial charge on any atom is 0.149 e. The number of phenols is 1. The molecular weight excluding hydrogens is 605 g/mol. The minimum absolute atomic E-state index is 0.244. The first-order valence-electron chi connectivity index (χ1n) is 16.4. The van der Waals surface area contributed by atoms with E-state index in [0.717, 1.165) is 55.9 Å². The maximum atomic E-state index is 11.7. The van der Waals surface area contributed by atoms with Gasteiger partial charge < -0.3 is 5.11 Å². The van der Waals surface area contributed by atoms with Gasteiger partial charge in [-0.2, -0.15) is 0 Å². The van der Waals surface area contributed by atoms with E-state index in [1.807, 2.05) is 60.9 Å². The third-order valence-electron chi connectivity index (χ3n) is 8.91. The van der Waals surface area contributed by atoms with E-state index < -0.39 is 8.07 Å². The van der Waals surface area contributed by atoms with Gasteiger partial charge in [-0.1, -0.05) is 107 Å². The highest BCUT2D eigenvalue weighted by atomic mass is 28.3. The lowest BCUT2D eigenvalue weighted by molar-refractivity contribution is 0.448. The molecule has 5 nitrogen and oxygen atoms in total. The number of hydrogen-bond acceptors (Lipinski definition) is 4. The van der Waals surface area contributed by atoms with E-state index in [1.54, 1.807) is 0 Å². The fraction of sp³-hybridized carbons (Fsp3) is 0.167. The van der Waals surface area contributed by atoms with E-state index in [-0.39, 0.29) is 11.2 Å². The number of para-hydroxylation sites is 2. The summed E-state index contributed by atoms with van der Waals surface area (Å²) in [6, 6.07) is 39.5. The standard InChI is InChI=1S/C42H40N4OSi/c1-42(2,3)35-19-13-18-34(40(35)47)41-45-39-37(46(41)32-16-11-8-12-17-32)22-23-43-38(39)31-25-29(28-14-9-7-10-15-28)24-30(26-31)36-21-20-33(27-44-36)48(4,5)6/h7-27,47H,1-6H3. The van der Waals surface area contributed by atoms with E-state index in [1.165, 1.54) is 5.19 Å². The Morgan fingerprint density at radius 1 is 0.667 bits per heavy atom. The summed E-state index contributed by atoms with van der Waals surface area (Å²) in [7, 11) is -1.49. The van der Waals surface area contributed by atoms with Crippen molar-refractivity contribution < 1.29 is 5.11 Å². The number of aromatic hydroxyl groups is 1. The van der Waals surface area contributed by atoms with Crippen molar-refractivity contribution in [1.82, 2.24) is 19.5 Å². The molecule has 4 aromatic carbocycles. The number of fused-ring (bicyclic) bond motifs is 1. The van der Waals surface area contributed by atoms with E-state index in [4.69, 9.17) is 15.0 Å². The van der Waals surface area contributed by atoms with Crippen LogP contribution >= 0.6 is 0 Å². The SMILES string of the molecule is CC(C)(C)c1cccc(-c2nc3c(-c4cc(-c5ccccc5)cc(-c5ccc([Si](C)(C)C)cn5)c4)nccc3n2-c2ccccc2)c1O. The molecule has 7 aromatic rings. The summed E-state index contributed by atoms with van der Waals surface area (Å²) in [5, 5.41) is 13.0. The minimum Gasteiger partial charge on any atom is -0.507 e. The molecule has 0 radical (unpaired) electrons. The Balaban J connectivity index is 1.49. The average molecular weight is 645 g/mol. The molecule has 0 bridgehead atoms. The molecule has 7 rings (SSSR count). The predicted molar refractivity (Wildman–Crippen MR) is 202 cm³/mol. The van der Waals surface area contributed by atoms with Gasteiger partial charge in [0.15, 0.2) is 0 Å². The average Bonchev–Trinajstić information content (AvgIpc) is 3.48. The van der Waals surface area contributed by atoms with Crippen molar-refractivity contribution in [3.8, 4) is 56.5 Å². The van der Waals surface area contributed by atoms with Gasteiger partial charge in [0.2, 0.25) is 0 Å². The number of nitrogens with zero attached hydrogens (tertiary/aromatic N) is 4. The molecule has 238 valence electrons. The molecule has 0 aliphatic heterocycles. The zero-order chi connectivity index (χ0) is 33.6. The molecule has 0 saturated carbocycles. The van der Waals surface area contributed by atoms with E-state index in [0.29, 0.717) is 11.4 Å². The van der Waals surface area contributed by atoms with Gasteiger partial charge in [0.05, 0.1) is 30.5 Å². The van der Waals surface area contributed by atoms with Gasteiger partial charge in [0.1, 0.15) is 17.1 Å². The van der Waals surface area contributed by atoms with Gasteiger partial charge >= 0.3 is 0 Å². The maximum absolute atomic E-state index is 11.7. The van der Waals surface area contributed by atoms with E-state index in [9.17, 15) is 5.11 Å². The van der Waals surface area contributed by atoms with E-state index >= 15 is 0 Å². The Morgan fingerprint density at radius 3 is 2.02 bits per heavy atom. The van der Waals surface area contributed by atoms with Gasteiger partial charge in [-0.25, -0.2) is 4.98 Å². The Hall–Kier alpha value is -5.33. The highest BCUT2D eigenvalue weighted by molar-refractivity contribution is 6.88. The zero-order valence-electron chi connectivity index (χ0n) is 28.4. The lowest BCUT2D eigenvalue weighted by atomic mass is 9.85. The molecule has 0 aliphatic carbocycles. The lowest BCUT2D eigenvalue weighted by Crippen LogP contribution is -2.37. The van der Waals surface area contributed by atoms with Crippen LogP contribution in [0.15, 0.2) is 128 Å². The fourth-order valence-corrected chi connectivity index (χ4v) is 7.32. The molecule has 0 saturated heterocycles. The van der Waals surface area contributed by atoms with Crippen LogP contribution < -0.4 is 5.19 Å². The summed E-state index contributed by atoms with van der Waals surface area (Å²) in [4.78, 5) is 15.2. The summed E-state index contributed by atoms with van der Waals surface area (Å²) in [6.07, 6.45) is 3.89.